The molecule has 3 aromatic rings. The molecule has 0 fully saturated rings. The maximum absolute atomic E-state index is 11.1. The van der Waals surface area contributed by atoms with Gasteiger partial charge in [0.05, 0.1) is 11.1 Å². The quantitative estimate of drug-likeness (QED) is 0.253. The Morgan fingerprint density at radius 2 is 1.82 bits per heavy atom. The number of nitrogens with one attached hydrogen (secondary N) is 2. The molecule has 1 aromatic heterocycles. The minimum atomic E-state index is -0.541. The molecule has 33 heavy (non-hydrogen) atoms. The summed E-state index contributed by atoms with van der Waals surface area (Å²) in [7, 11) is 0. The highest BCUT2D eigenvalue weighted by molar-refractivity contribution is 6.32. The first kappa shape index (κ1) is 23.9. The summed E-state index contributed by atoms with van der Waals surface area (Å²) < 4.78 is 0. The number of aromatic nitrogens is 3. The monoisotopic (exact) mass is 468 g/mol. The molecule has 0 saturated heterocycles. The minimum absolute atomic E-state index is 0.0635. The minimum Gasteiger partial charge on any atom is -0.341 e. The standard InChI is InChI=1S/C22H25ClN8O2/c1-5-30(6-2)22-27-20(25-18-11-14(3)7-8-15(18)4)26-21(28-22)29-24-13-16-9-10-17(23)19(12-16)31(32)33/h7-13H,5-6H2,1-4H3,(H2,25,26,27,28,29)/b24-13-. The summed E-state index contributed by atoms with van der Waals surface area (Å²) in [6.07, 6.45) is 1.43. The van der Waals surface area contributed by atoms with Crippen molar-refractivity contribution in [3.05, 3.63) is 68.2 Å². The molecule has 3 rings (SSSR count). The molecule has 0 bridgehead atoms. The molecule has 2 aromatic carbocycles. The van der Waals surface area contributed by atoms with E-state index >= 15 is 0 Å². The van der Waals surface area contributed by atoms with Crippen molar-refractivity contribution in [1.82, 2.24) is 15.0 Å². The highest BCUT2D eigenvalue weighted by Gasteiger charge is 2.13. The Morgan fingerprint density at radius 1 is 1.09 bits per heavy atom. The number of benzene rings is 2. The zero-order valence-electron chi connectivity index (χ0n) is 18.8. The van der Waals surface area contributed by atoms with Crippen molar-refractivity contribution in [1.29, 1.82) is 0 Å². The van der Waals surface area contributed by atoms with Gasteiger partial charge in [-0.3, -0.25) is 10.1 Å². The number of hydrazone groups is 1. The van der Waals surface area contributed by atoms with Gasteiger partial charge in [-0.25, -0.2) is 5.43 Å². The molecule has 1 heterocycles. The molecule has 0 aliphatic carbocycles. The number of aryl methyl sites for hydroxylation is 2. The van der Waals surface area contributed by atoms with Crippen LogP contribution >= 0.6 is 11.6 Å². The molecule has 11 heteroatoms. The van der Waals surface area contributed by atoms with Crippen LogP contribution in [0.15, 0.2) is 41.5 Å². The number of hydrogen-bond acceptors (Lipinski definition) is 9. The van der Waals surface area contributed by atoms with E-state index in [1.54, 1.807) is 6.07 Å². The van der Waals surface area contributed by atoms with Gasteiger partial charge in [0, 0.05) is 30.4 Å². The van der Waals surface area contributed by atoms with Crippen LogP contribution in [0.2, 0.25) is 5.02 Å². The second kappa shape index (κ2) is 10.7. The van der Waals surface area contributed by atoms with Crippen molar-refractivity contribution in [3.63, 3.8) is 0 Å². The van der Waals surface area contributed by atoms with Gasteiger partial charge < -0.3 is 10.2 Å². The van der Waals surface area contributed by atoms with Crippen LogP contribution in [-0.2, 0) is 0 Å². The molecule has 172 valence electrons. The number of nitrogens with zero attached hydrogens (tertiary/aromatic N) is 6. The van der Waals surface area contributed by atoms with E-state index in [0.29, 0.717) is 17.5 Å². The van der Waals surface area contributed by atoms with Crippen LogP contribution in [0, 0.1) is 24.0 Å². The fourth-order valence-corrected chi connectivity index (χ4v) is 3.21. The number of anilines is 4. The fraction of sp³-hybridized carbons (Fsp3) is 0.273. The van der Waals surface area contributed by atoms with E-state index in [9.17, 15) is 10.1 Å². The molecule has 0 radical (unpaired) electrons. The maximum Gasteiger partial charge on any atom is 0.288 e. The van der Waals surface area contributed by atoms with Gasteiger partial charge in [0.2, 0.25) is 17.8 Å². The van der Waals surface area contributed by atoms with Crippen LogP contribution in [0.1, 0.15) is 30.5 Å². The second-order valence-electron chi connectivity index (χ2n) is 7.24. The number of rotatable bonds is 9. The number of halogens is 1. The lowest BCUT2D eigenvalue weighted by Crippen LogP contribution is -2.25. The lowest BCUT2D eigenvalue weighted by Gasteiger charge is -2.19. The van der Waals surface area contributed by atoms with Gasteiger partial charge in [-0.1, -0.05) is 29.8 Å². The van der Waals surface area contributed by atoms with Crippen LogP contribution in [0.5, 0.6) is 0 Å². The van der Waals surface area contributed by atoms with Crippen molar-refractivity contribution in [2.75, 3.05) is 28.7 Å². The first-order valence-electron chi connectivity index (χ1n) is 10.4. The van der Waals surface area contributed by atoms with Crippen molar-refractivity contribution in [2.24, 2.45) is 5.10 Å². The fourth-order valence-electron chi connectivity index (χ4n) is 3.02. The van der Waals surface area contributed by atoms with Gasteiger partial charge in [-0.2, -0.15) is 20.1 Å². The van der Waals surface area contributed by atoms with E-state index in [4.69, 9.17) is 11.6 Å². The molecular formula is C22H25ClN8O2. The molecule has 0 amide bonds. The molecule has 10 nitrogen and oxygen atoms in total. The third-order valence-electron chi connectivity index (χ3n) is 4.85. The lowest BCUT2D eigenvalue weighted by molar-refractivity contribution is -0.384. The molecule has 0 spiro atoms. The summed E-state index contributed by atoms with van der Waals surface area (Å²) in [5, 5.41) is 18.5. The van der Waals surface area contributed by atoms with Crippen molar-refractivity contribution in [2.45, 2.75) is 27.7 Å². The van der Waals surface area contributed by atoms with Crippen LogP contribution in [0.4, 0.5) is 29.2 Å². The molecule has 0 unspecified atom stereocenters. The van der Waals surface area contributed by atoms with E-state index < -0.39 is 4.92 Å². The smallest absolute Gasteiger partial charge is 0.288 e. The number of hydrogen-bond donors (Lipinski definition) is 2. The normalized spacial score (nSPS) is 10.9. The van der Waals surface area contributed by atoms with Gasteiger partial charge in [-0.05, 0) is 51.0 Å². The zero-order chi connectivity index (χ0) is 24.0. The highest BCUT2D eigenvalue weighted by Crippen LogP contribution is 2.25. The van der Waals surface area contributed by atoms with Crippen LogP contribution < -0.4 is 15.6 Å². The van der Waals surface area contributed by atoms with E-state index in [0.717, 1.165) is 29.9 Å². The summed E-state index contributed by atoms with van der Waals surface area (Å²) in [6, 6.07) is 10.5. The average molecular weight is 469 g/mol. The number of nitro groups is 1. The Bertz CT molecular complexity index is 1180. The summed E-state index contributed by atoms with van der Waals surface area (Å²) in [5.74, 6) is 1.11. The predicted molar refractivity (Wildman–Crippen MR) is 132 cm³/mol. The largest absolute Gasteiger partial charge is 0.341 e. The van der Waals surface area contributed by atoms with E-state index in [-0.39, 0.29) is 16.7 Å². The van der Waals surface area contributed by atoms with Gasteiger partial charge in [0.15, 0.2) is 0 Å². The molecular weight excluding hydrogens is 444 g/mol. The third-order valence-corrected chi connectivity index (χ3v) is 5.17. The second-order valence-corrected chi connectivity index (χ2v) is 7.64. The lowest BCUT2D eigenvalue weighted by atomic mass is 10.1. The Kier molecular flexibility index (Phi) is 7.73. The highest BCUT2D eigenvalue weighted by atomic mass is 35.5. The molecule has 0 saturated carbocycles. The maximum atomic E-state index is 11.1. The zero-order valence-corrected chi connectivity index (χ0v) is 19.6. The van der Waals surface area contributed by atoms with Crippen LogP contribution in [0.25, 0.3) is 0 Å². The third kappa shape index (κ3) is 6.13. The summed E-state index contributed by atoms with van der Waals surface area (Å²) in [4.78, 5) is 26.0. The molecule has 0 aliphatic rings. The first-order chi connectivity index (χ1) is 15.8. The Labute approximate surface area is 196 Å². The Morgan fingerprint density at radius 3 is 2.52 bits per heavy atom. The summed E-state index contributed by atoms with van der Waals surface area (Å²) in [6.45, 7) is 9.50. The van der Waals surface area contributed by atoms with Crippen molar-refractivity contribution >= 4 is 47.0 Å². The average Bonchev–Trinajstić information content (AvgIpc) is 2.78. The summed E-state index contributed by atoms with van der Waals surface area (Å²) >= 11 is 5.86. The van der Waals surface area contributed by atoms with Crippen LogP contribution in [-0.4, -0.2) is 39.2 Å². The SMILES string of the molecule is CCN(CC)c1nc(N/N=C\c2ccc(Cl)c([N+](=O)[O-])c2)nc(Nc2cc(C)ccc2C)n1. The molecule has 2 N–H and O–H groups in total. The van der Waals surface area contributed by atoms with Gasteiger partial charge in [-0.15, -0.1) is 0 Å². The predicted octanol–water partition coefficient (Wildman–Crippen LogP) is 5.09. The van der Waals surface area contributed by atoms with Crippen molar-refractivity contribution < 1.29 is 4.92 Å². The van der Waals surface area contributed by atoms with Crippen molar-refractivity contribution in [3.8, 4) is 0 Å². The van der Waals surface area contributed by atoms with E-state index in [1.165, 1.54) is 18.3 Å². The van der Waals surface area contributed by atoms with Gasteiger partial charge in [0.25, 0.3) is 5.69 Å². The Balaban J connectivity index is 1.89. The molecule has 0 atom stereocenters. The van der Waals surface area contributed by atoms with E-state index in [1.807, 2.05) is 50.8 Å². The Hall–Kier alpha value is -3.79. The van der Waals surface area contributed by atoms with Gasteiger partial charge >= 0.3 is 0 Å². The summed E-state index contributed by atoms with van der Waals surface area (Å²) in [5.41, 5.74) is 6.17. The van der Waals surface area contributed by atoms with E-state index in [2.05, 4.69) is 30.8 Å². The van der Waals surface area contributed by atoms with Gasteiger partial charge in [0.1, 0.15) is 5.02 Å². The topological polar surface area (TPSA) is 121 Å². The number of nitro benzene ring substituents is 1. The first-order valence-corrected chi connectivity index (χ1v) is 10.8. The van der Waals surface area contributed by atoms with Crippen LogP contribution in [0.3, 0.4) is 0 Å². The molecule has 0 aliphatic heterocycles.